The molecule has 1 unspecified atom stereocenters. The van der Waals surface area contributed by atoms with Crippen LogP contribution in [0.1, 0.15) is 36.5 Å². The SMILES string of the molecule is CCOC(=O)C(CNCCc1ccccc1)c1ccccc1CC. The number of esters is 1. The lowest BCUT2D eigenvalue weighted by atomic mass is 9.92. The highest BCUT2D eigenvalue weighted by atomic mass is 16.5. The molecule has 2 aromatic rings. The third kappa shape index (κ3) is 5.20. The van der Waals surface area contributed by atoms with E-state index < -0.39 is 0 Å². The van der Waals surface area contributed by atoms with Crippen molar-refractivity contribution in [2.24, 2.45) is 0 Å². The second-order valence-electron chi connectivity index (χ2n) is 5.80. The van der Waals surface area contributed by atoms with Crippen LogP contribution in [0.5, 0.6) is 0 Å². The topological polar surface area (TPSA) is 38.3 Å². The summed E-state index contributed by atoms with van der Waals surface area (Å²) >= 11 is 0. The third-order valence-corrected chi connectivity index (χ3v) is 4.16. The summed E-state index contributed by atoms with van der Waals surface area (Å²) in [5.74, 6) is -0.400. The van der Waals surface area contributed by atoms with E-state index in [9.17, 15) is 4.79 Å². The predicted molar refractivity (Wildman–Crippen MR) is 98.2 cm³/mol. The van der Waals surface area contributed by atoms with Gasteiger partial charge in [-0.3, -0.25) is 4.79 Å². The average molecular weight is 325 g/mol. The van der Waals surface area contributed by atoms with Crippen LogP contribution < -0.4 is 5.32 Å². The maximum Gasteiger partial charge on any atom is 0.314 e. The first-order valence-electron chi connectivity index (χ1n) is 8.75. The molecule has 3 nitrogen and oxygen atoms in total. The number of nitrogens with one attached hydrogen (secondary N) is 1. The van der Waals surface area contributed by atoms with E-state index in [-0.39, 0.29) is 11.9 Å². The van der Waals surface area contributed by atoms with Crippen LogP contribution in [0, 0.1) is 0 Å². The molecule has 0 radical (unpaired) electrons. The van der Waals surface area contributed by atoms with Crippen LogP contribution in [-0.2, 0) is 22.4 Å². The molecule has 0 aliphatic heterocycles. The molecule has 0 amide bonds. The van der Waals surface area contributed by atoms with Crippen molar-refractivity contribution in [1.82, 2.24) is 5.32 Å². The molecule has 0 aliphatic rings. The number of aryl methyl sites for hydroxylation is 1. The Morgan fingerprint density at radius 2 is 1.75 bits per heavy atom. The van der Waals surface area contributed by atoms with Gasteiger partial charge >= 0.3 is 5.97 Å². The van der Waals surface area contributed by atoms with E-state index in [1.807, 2.05) is 43.3 Å². The van der Waals surface area contributed by atoms with E-state index in [4.69, 9.17) is 4.74 Å². The number of benzene rings is 2. The molecule has 1 N–H and O–H groups in total. The van der Waals surface area contributed by atoms with Gasteiger partial charge in [0.15, 0.2) is 0 Å². The van der Waals surface area contributed by atoms with Crippen LogP contribution in [0.25, 0.3) is 0 Å². The highest BCUT2D eigenvalue weighted by Crippen LogP contribution is 2.22. The van der Waals surface area contributed by atoms with Gasteiger partial charge < -0.3 is 10.1 Å². The molecule has 3 heteroatoms. The minimum Gasteiger partial charge on any atom is -0.465 e. The summed E-state index contributed by atoms with van der Waals surface area (Å²) in [5.41, 5.74) is 3.58. The van der Waals surface area contributed by atoms with E-state index in [1.165, 1.54) is 11.1 Å². The second-order valence-corrected chi connectivity index (χ2v) is 5.80. The van der Waals surface area contributed by atoms with Gasteiger partial charge in [-0.15, -0.1) is 0 Å². The Labute approximate surface area is 145 Å². The van der Waals surface area contributed by atoms with Crippen molar-refractivity contribution >= 4 is 5.97 Å². The largest absolute Gasteiger partial charge is 0.465 e. The molecule has 0 saturated heterocycles. The van der Waals surface area contributed by atoms with Gasteiger partial charge in [0.1, 0.15) is 0 Å². The molecule has 0 heterocycles. The number of hydrogen-bond donors (Lipinski definition) is 1. The summed E-state index contributed by atoms with van der Waals surface area (Å²) in [6.07, 6.45) is 1.86. The highest BCUT2D eigenvalue weighted by molar-refractivity contribution is 5.79. The predicted octanol–water partition coefficient (Wildman–Crippen LogP) is 3.73. The summed E-state index contributed by atoms with van der Waals surface area (Å²) < 4.78 is 5.29. The van der Waals surface area contributed by atoms with Gasteiger partial charge in [-0.05, 0) is 43.0 Å². The lowest BCUT2D eigenvalue weighted by Gasteiger charge is -2.19. The normalized spacial score (nSPS) is 11.9. The van der Waals surface area contributed by atoms with Crippen LogP contribution in [0.4, 0.5) is 0 Å². The molecule has 0 aromatic heterocycles. The van der Waals surface area contributed by atoms with E-state index in [0.29, 0.717) is 13.2 Å². The first-order valence-corrected chi connectivity index (χ1v) is 8.75. The Morgan fingerprint density at radius 1 is 1.04 bits per heavy atom. The van der Waals surface area contributed by atoms with Gasteiger partial charge in [-0.2, -0.15) is 0 Å². The quantitative estimate of drug-likeness (QED) is 0.564. The van der Waals surface area contributed by atoms with E-state index in [0.717, 1.165) is 24.9 Å². The van der Waals surface area contributed by atoms with E-state index in [1.54, 1.807) is 0 Å². The van der Waals surface area contributed by atoms with Crippen LogP contribution in [0.3, 0.4) is 0 Å². The van der Waals surface area contributed by atoms with Gasteiger partial charge in [0.25, 0.3) is 0 Å². The van der Waals surface area contributed by atoms with Crippen molar-refractivity contribution in [3.05, 3.63) is 71.3 Å². The van der Waals surface area contributed by atoms with Crippen molar-refractivity contribution in [3.8, 4) is 0 Å². The Balaban J connectivity index is 2.00. The number of carbonyl (C=O) groups excluding carboxylic acids is 1. The first kappa shape index (κ1) is 18.2. The molecule has 2 rings (SSSR count). The van der Waals surface area contributed by atoms with E-state index >= 15 is 0 Å². The molecule has 0 spiro atoms. The zero-order valence-corrected chi connectivity index (χ0v) is 14.6. The molecule has 2 aromatic carbocycles. The van der Waals surface area contributed by atoms with Crippen LogP contribution in [-0.4, -0.2) is 25.7 Å². The molecule has 1 atom stereocenters. The Hall–Kier alpha value is -2.13. The number of ether oxygens (including phenoxy) is 1. The minimum atomic E-state index is -0.253. The van der Waals surface area contributed by atoms with Crippen LogP contribution in [0.15, 0.2) is 54.6 Å². The van der Waals surface area contributed by atoms with Crippen LogP contribution in [0.2, 0.25) is 0 Å². The summed E-state index contributed by atoms with van der Waals surface area (Å²) in [5, 5.41) is 3.42. The summed E-state index contributed by atoms with van der Waals surface area (Å²) in [6.45, 7) is 5.82. The molecular weight excluding hydrogens is 298 g/mol. The fraction of sp³-hybridized carbons (Fsp3) is 0.381. The van der Waals surface area contributed by atoms with Gasteiger partial charge in [-0.25, -0.2) is 0 Å². The first-order chi connectivity index (χ1) is 11.8. The lowest BCUT2D eigenvalue weighted by molar-refractivity contribution is -0.144. The molecular formula is C21H27NO2. The average Bonchev–Trinajstić information content (AvgIpc) is 2.63. The van der Waals surface area contributed by atoms with E-state index in [2.05, 4.69) is 30.4 Å². The summed E-state index contributed by atoms with van der Waals surface area (Å²) in [4.78, 5) is 12.4. The smallest absolute Gasteiger partial charge is 0.314 e. The summed E-state index contributed by atoms with van der Waals surface area (Å²) in [6, 6.07) is 18.5. The van der Waals surface area contributed by atoms with Gasteiger partial charge in [0.2, 0.25) is 0 Å². The number of carbonyl (C=O) groups is 1. The zero-order chi connectivity index (χ0) is 17.2. The van der Waals surface area contributed by atoms with Gasteiger partial charge in [0, 0.05) is 6.54 Å². The van der Waals surface area contributed by atoms with Crippen molar-refractivity contribution in [2.45, 2.75) is 32.6 Å². The molecule has 0 fully saturated rings. The van der Waals surface area contributed by atoms with Crippen molar-refractivity contribution in [2.75, 3.05) is 19.7 Å². The van der Waals surface area contributed by atoms with Crippen molar-refractivity contribution < 1.29 is 9.53 Å². The molecule has 0 saturated carbocycles. The van der Waals surface area contributed by atoms with Gasteiger partial charge in [0.05, 0.1) is 12.5 Å². The molecule has 0 bridgehead atoms. The Kier molecular flexibility index (Phi) is 7.50. The Bertz CT molecular complexity index is 625. The molecule has 0 aliphatic carbocycles. The molecule has 128 valence electrons. The fourth-order valence-electron chi connectivity index (χ4n) is 2.88. The van der Waals surface area contributed by atoms with Crippen LogP contribution >= 0.6 is 0 Å². The second kappa shape index (κ2) is 9.89. The number of hydrogen-bond acceptors (Lipinski definition) is 3. The minimum absolute atomic E-state index is 0.148. The molecule has 24 heavy (non-hydrogen) atoms. The zero-order valence-electron chi connectivity index (χ0n) is 14.6. The van der Waals surface area contributed by atoms with Crippen molar-refractivity contribution in [1.29, 1.82) is 0 Å². The van der Waals surface area contributed by atoms with Gasteiger partial charge in [-0.1, -0.05) is 61.5 Å². The highest BCUT2D eigenvalue weighted by Gasteiger charge is 2.23. The standard InChI is InChI=1S/C21H27NO2/c1-3-18-12-8-9-13-19(18)20(21(23)24-4-2)16-22-15-14-17-10-6-5-7-11-17/h5-13,20,22H,3-4,14-16H2,1-2H3. The monoisotopic (exact) mass is 325 g/mol. The lowest BCUT2D eigenvalue weighted by Crippen LogP contribution is -2.30. The fourth-order valence-corrected chi connectivity index (χ4v) is 2.88. The van der Waals surface area contributed by atoms with Crippen molar-refractivity contribution in [3.63, 3.8) is 0 Å². The number of rotatable bonds is 9. The Morgan fingerprint density at radius 3 is 2.46 bits per heavy atom. The maximum absolute atomic E-state index is 12.4. The third-order valence-electron chi connectivity index (χ3n) is 4.16. The maximum atomic E-state index is 12.4. The summed E-state index contributed by atoms with van der Waals surface area (Å²) in [7, 11) is 0.